The smallest absolute Gasteiger partial charge is 0.257 e. The molecule has 9 nitrogen and oxygen atoms in total. The van der Waals surface area contributed by atoms with Gasteiger partial charge in [0.15, 0.2) is 16.7 Å². The maximum Gasteiger partial charge on any atom is 0.257 e. The van der Waals surface area contributed by atoms with E-state index >= 15 is 0 Å². The molecule has 3 N–H and O–H groups in total. The van der Waals surface area contributed by atoms with E-state index in [1.807, 2.05) is 26.0 Å². The number of nitrogens with zero attached hydrogens (tertiary/aromatic N) is 2. The molecule has 0 aliphatic carbocycles. The molecular formula is C21H27N5O4S. The molecule has 1 aromatic carbocycles. The molecule has 166 valence electrons. The molecule has 0 atom stereocenters. The van der Waals surface area contributed by atoms with Crippen molar-refractivity contribution in [1.29, 1.82) is 0 Å². The highest BCUT2D eigenvalue weighted by Gasteiger charge is 2.17. The molecule has 0 aliphatic heterocycles. The number of H-pyrrole nitrogens is 2. The SMILES string of the molecule is CCNc1nc(SCc2nc[nH]c2C)[nH]c(=O)c1Cc1cc(OC)c(OC)c(OC)c1. The number of hydrogen-bond acceptors (Lipinski definition) is 8. The molecule has 0 radical (unpaired) electrons. The van der Waals surface area contributed by atoms with Gasteiger partial charge in [0.05, 0.1) is 38.9 Å². The zero-order valence-electron chi connectivity index (χ0n) is 18.3. The third-order valence-electron chi connectivity index (χ3n) is 4.72. The molecule has 0 amide bonds. The van der Waals surface area contributed by atoms with E-state index in [0.717, 1.165) is 17.0 Å². The van der Waals surface area contributed by atoms with Crippen LogP contribution in [0.4, 0.5) is 5.82 Å². The maximum absolute atomic E-state index is 12.9. The van der Waals surface area contributed by atoms with Crippen LogP contribution in [0.5, 0.6) is 17.2 Å². The number of aromatic nitrogens is 4. The van der Waals surface area contributed by atoms with Crippen molar-refractivity contribution in [3.05, 3.63) is 51.3 Å². The van der Waals surface area contributed by atoms with Crippen molar-refractivity contribution in [2.75, 3.05) is 33.2 Å². The van der Waals surface area contributed by atoms with Crippen molar-refractivity contribution in [3.63, 3.8) is 0 Å². The highest BCUT2D eigenvalue weighted by molar-refractivity contribution is 7.98. The van der Waals surface area contributed by atoms with Crippen LogP contribution in [0.25, 0.3) is 0 Å². The summed E-state index contributed by atoms with van der Waals surface area (Å²) in [4.78, 5) is 27.8. The van der Waals surface area contributed by atoms with Gasteiger partial charge in [-0.15, -0.1) is 0 Å². The molecule has 10 heteroatoms. The largest absolute Gasteiger partial charge is 0.493 e. The Labute approximate surface area is 185 Å². The second-order valence-electron chi connectivity index (χ2n) is 6.70. The van der Waals surface area contributed by atoms with E-state index in [2.05, 4.69) is 25.3 Å². The van der Waals surface area contributed by atoms with Gasteiger partial charge in [0.25, 0.3) is 5.56 Å². The second kappa shape index (κ2) is 10.3. The van der Waals surface area contributed by atoms with E-state index < -0.39 is 0 Å². The van der Waals surface area contributed by atoms with Crippen molar-refractivity contribution in [3.8, 4) is 17.2 Å². The van der Waals surface area contributed by atoms with Gasteiger partial charge in [-0.05, 0) is 31.5 Å². The zero-order valence-corrected chi connectivity index (χ0v) is 19.1. The van der Waals surface area contributed by atoms with Crippen LogP contribution in [0, 0.1) is 6.92 Å². The van der Waals surface area contributed by atoms with Gasteiger partial charge in [-0.25, -0.2) is 9.97 Å². The summed E-state index contributed by atoms with van der Waals surface area (Å²) in [5, 5.41) is 3.75. The Bertz CT molecular complexity index is 1070. The van der Waals surface area contributed by atoms with Gasteiger partial charge in [-0.3, -0.25) is 4.79 Å². The summed E-state index contributed by atoms with van der Waals surface area (Å²) in [6, 6.07) is 3.67. The second-order valence-corrected chi connectivity index (χ2v) is 7.67. The summed E-state index contributed by atoms with van der Waals surface area (Å²) < 4.78 is 16.2. The topological polar surface area (TPSA) is 114 Å². The molecule has 0 saturated heterocycles. The van der Waals surface area contributed by atoms with Crippen molar-refractivity contribution in [1.82, 2.24) is 19.9 Å². The van der Waals surface area contributed by atoms with Crippen molar-refractivity contribution in [2.45, 2.75) is 31.2 Å². The summed E-state index contributed by atoms with van der Waals surface area (Å²) in [6.07, 6.45) is 2.01. The lowest BCUT2D eigenvalue weighted by Gasteiger charge is -2.15. The molecular weight excluding hydrogens is 418 g/mol. The number of methoxy groups -OCH3 is 3. The first-order valence-electron chi connectivity index (χ1n) is 9.78. The number of nitrogens with one attached hydrogen (secondary N) is 3. The molecule has 0 fully saturated rings. The molecule has 31 heavy (non-hydrogen) atoms. The van der Waals surface area contributed by atoms with Gasteiger partial charge >= 0.3 is 0 Å². The molecule has 0 aliphatic rings. The van der Waals surface area contributed by atoms with Crippen LogP contribution in [0.15, 0.2) is 28.4 Å². The number of anilines is 1. The van der Waals surface area contributed by atoms with Gasteiger partial charge in [-0.2, -0.15) is 0 Å². The average Bonchev–Trinajstić information content (AvgIpc) is 3.18. The third-order valence-corrected chi connectivity index (χ3v) is 5.61. The average molecular weight is 446 g/mol. The van der Waals surface area contributed by atoms with Crippen LogP contribution in [-0.4, -0.2) is 47.8 Å². The molecule has 3 aromatic rings. The summed E-state index contributed by atoms with van der Waals surface area (Å²) in [7, 11) is 4.68. The number of rotatable bonds is 10. The number of thioether (sulfide) groups is 1. The summed E-state index contributed by atoms with van der Waals surface area (Å²) in [5.74, 6) is 2.74. The van der Waals surface area contributed by atoms with E-state index in [1.165, 1.54) is 11.8 Å². The van der Waals surface area contributed by atoms with Crippen molar-refractivity contribution in [2.24, 2.45) is 0 Å². The molecule has 0 spiro atoms. The first-order chi connectivity index (χ1) is 15.0. The lowest BCUT2D eigenvalue weighted by Crippen LogP contribution is -2.19. The van der Waals surface area contributed by atoms with Crippen LogP contribution in [0.1, 0.15) is 29.4 Å². The first kappa shape index (κ1) is 22.5. The van der Waals surface area contributed by atoms with Gasteiger partial charge in [0, 0.05) is 24.4 Å². The maximum atomic E-state index is 12.9. The van der Waals surface area contributed by atoms with E-state index in [4.69, 9.17) is 14.2 Å². The molecule has 0 bridgehead atoms. The van der Waals surface area contributed by atoms with Crippen LogP contribution < -0.4 is 25.1 Å². The van der Waals surface area contributed by atoms with Crippen LogP contribution in [0.3, 0.4) is 0 Å². The van der Waals surface area contributed by atoms with Gasteiger partial charge in [0.1, 0.15) is 5.82 Å². The fraction of sp³-hybridized carbons (Fsp3) is 0.381. The highest BCUT2D eigenvalue weighted by Crippen LogP contribution is 2.38. The van der Waals surface area contributed by atoms with E-state index in [9.17, 15) is 4.79 Å². The Morgan fingerprint density at radius 3 is 2.39 bits per heavy atom. The fourth-order valence-electron chi connectivity index (χ4n) is 3.13. The van der Waals surface area contributed by atoms with Crippen LogP contribution >= 0.6 is 11.8 Å². The van der Waals surface area contributed by atoms with Gasteiger partial charge in [-0.1, -0.05) is 11.8 Å². The number of imidazole rings is 1. The Kier molecular flexibility index (Phi) is 7.45. The zero-order chi connectivity index (χ0) is 22.4. The Balaban J connectivity index is 1.92. The minimum Gasteiger partial charge on any atom is -0.493 e. The Morgan fingerprint density at radius 1 is 1.13 bits per heavy atom. The number of aryl methyl sites for hydroxylation is 1. The number of hydrogen-bond donors (Lipinski definition) is 3. The standard InChI is InChI=1S/C21H27N5O4S/c1-6-22-19-14(7-13-8-16(28-3)18(30-5)17(9-13)29-4)20(27)26-21(25-19)31-10-15-12(2)23-11-24-15/h8-9,11H,6-7,10H2,1-5H3,(H,23,24)(H2,22,25,26,27). The summed E-state index contributed by atoms with van der Waals surface area (Å²) in [6.45, 7) is 4.57. The quantitative estimate of drug-likeness (QED) is 0.322. The fourth-order valence-corrected chi connectivity index (χ4v) is 4.02. The molecule has 2 aromatic heterocycles. The number of aromatic amines is 2. The van der Waals surface area contributed by atoms with E-state index in [0.29, 0.717) is 52.5 Å². The normalized spacial score (nSPS) is 10.7. The molecule has 3 rings (SSSR count). The Morgan fingerprint density at radius 2 is 1.84 bits per heavy atom. The minimum atomic E-state index is -0.194. The predicted molar refractivity (Wildman–Crippen MR) is 121 cm³/mol. The van der Waals surface area contributed by atoms with Gasteiger partial charge in [0.2, 0.25) is 5.75 Å². The first-order valence-corrected chi connectivity index (χ1v) is 10.8. The third kappa shape index (κ3) is 5.13. The number of ether oxygens (including phenoxy) is 3. The van der Waals surface area contributed by atoms with Crippen molar-refractivity contribution < 1.29 is 14.2 Å². The van der Waals surface area contributed by atoms with E-state index in [-0.39, 0.29) is 5.56 Å². The van der Waals surface area contributed by atoms with Gasteiger partial charge < -0.3 is 29.5 Å². The minimum absolute atomic E-state index is 0.194. The summed E-state index contributed by atoms with van der Waals surface area (Å²) in [5.41, 5.74) is 3.12. The lowest BCUT2D eigenvalue weighted by atomic mass is 10.1. The number of benzene rings is 1. The molecule has 2 heterocycles. The van der Waals surface area contributed by atoms with Crippen LogP contribution in [0.2, 0.25) is 0 Å². The Hall–Kier alpha value is -3.14. The lowest BCUT2D eigenvalue weighted by molar-refractivity contribution is 0.324. The molecule has 0 unspecified atom stereocenters. The summed E-state index contributed by atoms with van der Waals surface area (Å²) >= 11 is 1.43. The molecule has 0 saturated carbocycles. The van der Waals surface area contributed by atoms with E-state index in [1.54, 1.807) is 27.7 Å². The van der Waals surface area contributed by atoms with Crippen molar-refractivity contribution >= 4 is 17.6 Å². The highest BCUT2D eigenvalue weighted by atomic mass is 32.2. The monoisotopic (exact) mass is 445 g/mol. The predicted octanol–water partition coefficient (Wildman–Crippen LogP) is 3.14. The van der Waals surface area contributed by atoms with Crippen LogP contribution in [-0.2, 0) is 12.2 Å².